The molecule has 1 saturated carbocycles. The maximum absolute atomic E-state index is 14.0. The second kappa shape index (κ2) is 22.0. The van der Waals surface area contributed by atoms with Crippen LogP contribution in [0.5, 0.6) is 5.75 Å². The number of piperidine rings is 1. The largest absolute Gasteiger partial charge is 0.490 e. The second-order valence-electron chi connectivity index (χ2n) is 21.1. The Balaban J connectivity index is 0.850. The van der Waals surface area contributed by atoms with Crippen molar-refractivity contribution in [1.82, 2.24) is 40.4 Å². The Morgan fingerprint density at radius 2 is 1.75 bits per heavy atom. The van der Waals surface area contributed by atoms with Gasteiger partial charge in [0.2, 0.25) is 23.6 Å². The zero-order valence-corrected chi connectivity index (χ0v) is 44.1. The number of benzene rings is 1. The second-order valence-corrected chi connectivity index (χ2v) is 23.4. The van der Waals surface area contributed by atoms with Crippen LogP contribution < -0.4 is 31.3 Å². The number of aliphatic hydroxyl groups is 1. The number of aryl methyl sites for hydroxylation is 1. The maximum Gasteiger partial charge on any atom is 0.246 e. The van der Waals surface area contributed by atoms with E-state index in [4.69, 9.17) is 27.1 Å². The van der Waals surface area contributed by atoms with Crippen LogP contribution in [0.3, 0.4) is 0 Å². The number of nitrogens with one attached hydrogen (secondary N) is 3. The van der Waals surface area contributed by atoms with E-state index < -0.39 is 41.5 Å². The molecule has 0 bridgehead atoms. The minimum Gasteiger partial charge on any atom is -0.490 e. The highest BCUT2D eigenvalue weighted by molar-refractivity contribution is 7.99. The Morgan fingerprint density at radius 1 is 1.01 bits per heavy atom. The fraction of sp³-hybridized carbons (Fsp3) is 0.569. The number of nitrogens with two attached hydrogens (primary N) is 1. The Labute approximate surface area is 429 Å². The Morgan fingerprint density at radius 3 is 2.38 bits per heavy atom. The molecule has 3 aromatic heterocycles. The molecule has 0 radical (unpaired) electrons. The molecule has 17 nitrogen and oxygen atoms in total. The zero-order chi connectivity index (χ0) is 50.8. The summed E-state index contributed by atoms with van der Waals surface area (Å²) in [4.78, 5) is 79.5. The number of aromatic nitrogens is 4. The predicted molar refractivity (Wildman–Crippen MR) is 276 cm³/mol. The van der Waals surface area contributed by atoms with E-state index in [0.29, 0.717) is 61.9 Å². The van der Waals surface area contributed by atoms with Gasteiger partial charge in [0.25, 0.3) is 0 Å². The van der Waals surface area contributed by atoms with Gasteiger partial charge in [-0.1, -0.05) is 63.2 Å². The number of likely N-dealkylation sites (tertiary alicyclic amines) is 2. The third kappa shape index (κ3) is 12.2. The molecule has 20 heteroatoms. The van der Waals surface area contributed by atoms with Crippen LogP contribution in [0.2, 0.25) is 5.02 Å². The monoisotopic (exact) mass is 1030 g/mol. The number of anilines is 2. The summed E-state index contributed by atoms with van der Waals surface area (Å²) in [6.07, 6.45) is 9.12. The highest BCUT2D eigenvalue weighted by atomic mass is 35.5. The van der Waals surface area contributed by atoms with E-state index in [9.17, 15) is 24.3 Å². The molecule has 0 unspecified atom stereocenters. The normalized spacial score (nSPS) is 22.3. The third-order valence-electron chi connectivity index (χ3n) is 14.5. The van der Waals surface area contributed by atoms with Gasteiger partial charge in [0.05, 0.1) is 57.8 Å². The standard InChI is InChI=1S/C51H68ClN11O6S2/c1-29(58-47(66)38-21-35(65)26-63(38)49(68)45(50(4,5)6)59-31(3)64)37-13-10-33(44-30(2)57-28-70-44)20-39(37)69-36-11-8-32(9-12-36)48(67)62-24-34(25-62)60-46-43(52)40(14-17-54-46)71-42-23-55-41(22-56-42)61-18-15-51(7,27-53)16-19-61/h10,13-14,17,20,22-23,28-29,32,34-36,38,45,65H,8-9,11-12,15-16,18-19,21,24-27,53H2,1-7H3,(H,54,60)(H,58,66)(H,59,64)/t29-,32?,35+,36?,38-,45+/m0/s1. The van der Waals surface area contributed by atoms with Crippen LogP contribution >= 0.6 is 34.7 Å². The number of β-amino-alcohol motifs (C(OH)–C–C–N with tert-alkyl or cyclic N) is 1. The molecule has 1 aliphatic carbocycles. The molecule has 4 aliphatic rings. The van der Waals surface area contributed by atoms with Crippen molar-refractivity contribution in [3.05, 3.63) is 64.6 Å². The van der Waals surface area contributed by atoms with Crippen LogP contribution in [0, 0.1) is 23.7 Å². The molecular formula is C51H68ClN11O6S2. The lowest BCUT2D eigenvalue weighted by molar-refractivity contribution is -0.144. The van der Waals surface area contributed by atoms with Gasteiger partial charge in [0.1, 0.15) is 34.5 Å². The van der Waals surface area contributed by atoms with Gasteiger partial charge < -0.3 is 46.2 Å². The van der Waals surface area contributed by atoms with Crippen LogP contribution in [0.15, 0.2) is 58.3 Å². The van der Waals surface area contributed by atoms with E-state index in [0.717, 1.165) is 63.4 Å². The van der Waals surface area contributed by atoms with Gasteiger partial charge in [0, 0.05) is 68.6 Å². The molecule has 4 amide bonds. The molecule has 0 spiro atoms. The lowest BCUT2D eigenvalue weighted by Crippen LogP contribution is -2.58. The summed E-state index contributed by atoms with van der Waals surface area (Å²) in [7, 11) is 0. The number of halogens is 1. The molecular weight excluding hydrogens is 962 g/mol. The number of aliphatic hydroxyl groups excluding tert-OH is 1. The van der Waals surface area contributed by atoms with E-state index >= 15 is 0 Å². The van der Waals surface area contributed by atoms with E-state index in [-0.39, 0.29) is 48.3 Å². The van der Waals surface area contributed by atoms with Gasteiger partial charge in [-0.25, -0.2) is 19.9 Å². The van der Waals surface area contributed by atoms with Gasteiger partial charge in [-0.2, -0.15) is 0 Å². The lowest BCUT2D eigenvalue weighted by Gasteiger charge is -2.42. The van der Waals surface area contributed by atoms with Crippen LogP contribution in [0.25, 0.3) is 10.4 Å². The summed E-state index contributed by atoms with van der Waals surface area (Å²) in [6.45, 7) is 16.6. The SMILES string of the molecule is CC(=O)N[C@H](C(=O)N1C[C@H](O)C[C@H]1C(=O)N[C@@H](C)c1ccc(-c2scnc2C)cc1OC1CCC(C(=O)N2CC(Nc3nccc(Sc4cnc(N5CCC(C)(CN)CC5)cn4)c3Cl)C2)CC1)C(C)(C)C. The van der Waals surface area contributed by atoms with Gasteiger partial charge in [0.15, 0.2) is 0 Å². The van der Waals surface area contributed by atoms with E-state index in [1.807, 2.05) is 75.5 Å². The number of carbonyl (C=O) groups excluding carboxylic acids is 4. The minimum absolute atomic E-state index is 0.00965. The van der Waals surface area contributed by atoms with Crippen LogP contribution in [-0.4, -0.2) is 128 Å². The van der Waals surface area contributed by atoms with Crippen molar-refractivity contribution < 1.29 is 29.0 Å². The number of hydrogen-bond donors (Lipinski definition) is 5. The van der Waals surface area contributed by atoms with Crippen molar-refractivity contribution in [3.63, 3.8) is 0 Å². The summed E-state index contributed by atoms with van der Waals surface area (Å²) in [5.41, 5.74) is 9.96. The van der Waals surface area contributed by atoms with Crippen LogP contribution in [0.4, 0.5) is 11.6 Å². The number of rotatable bonds is 15. The average molecular weight is 1030 g/mol. The average Bonchev–Trinajstić information content (AvgIpc) is 3.95. The Hall–Kier alpha value is -5.08. The molecule has 3 saturated heterocycles. The summed E-state index contributed by atoms with van der Waals surface area (Å²) in [5.74, 6) is 0.894. The number of thiazole rings is 1. The first-order valence-electron chi connectivity index (χ1n) is 24.7. The van der Waals surface area contributed by atoms with E-state index in [1.165, 1.54) is 23.6 Å². The number of ether oxygens (including phenoxy) is 1. The maximum atomic E-state index is 14.0. The molecule has 71 heavy (non-hydrogen) atoms. The number of pyridine rings is 1. The summed E-state index contributed by atoms with van der Waals surface area (Å²) in [6, 6.07) is 5.48. The summed E-state index contributed by atoms with van der Waals surface area (Å²) >= 11 is 9.86. The fourth-order valence-electron chi connectivity index (χ4n) is 9.96. The Kier molecular flexibility index (Phi) is 16.2. The van der Waals surface area contributed by atoms with Crippen LogP contribution in [-0.2, 0) is 19.2 Å². The van der Waals surface area contributed by atoms with Gasteiger partial charge in [-0.05, 0) is 87.4 Å². The number of nitrogens with zero attached hydrogens (tertiary/aromatic N) is 7. The van der Waals surface area contributed by atoms with E-state index in [2.05, 4.69) is 42.7 Å². The molecule has 4 atom stereocenters. The van der Waals surface area contributed by atoms with Crippen molar-refractivity contribution in [2.45, 2.75) is 140 Å². The van der Waals surface area contributed by atoms with Crippen LogP contribution in [0.1, 0.15) is 104 Å². The molecule has 4 fully saturated rings. The van der Waals surface area contributed by atoms with Gasteiger partial charge in [-0.15, -0.1) is 11.3 Å². The van der Waals surface area contributed by atoms with Crippen molar-refractivity contribution in [1.29, 1.82) is 0 Å². The number of hydrogen-bond acceptors (Lipinski definition) is 15. The topological polar surface area (TPSA) is 221 Å². The predicted octanol–water partition coefficient (Wildman–Crippen LogP) is 6.62. The first-order chi connectivity index (χ1) is 33.8. The number of carbonyl (C=O) groups is 4. The van der Waals surface area contributed by atoms with Crippen molar-refractivity contribution >= 4 is 70.0 Å². The molecule has 8 rings (SSSR count). The van der Waals surface area contributed by atoms with E-state index in [1.54, 1.807) is 23.7 Å². The molecule has 382 valence electrons. The minimum atomic E-state index is -0.929. The summed E-state index contributed by atoms with van der Waals surface area (Å²) < 4.78 is 6.81. The summed E-state index contributed by atoms with van der Waals surface area (Å²) in [5, 5.41) is 21.2. The Bertz CT molecular complexity index is 2560. The fourth-order valence-corrected chi connectivity index (χ4v) is 11.8. The molecule has 6 heterocycles. The van der Waals surface area contributed by atoms with Gasteiger partial charge >= 0.3 is 0 Å². The molecule has 1 aromatic carbocycles. The van der Waals surface area contributed by atoms with Gasteiger partial charge in [-0.3, -0.25) is 19.2 Å². The first kappa shape index (κ1) is 52.2. The van der Waals surface area contributed by atoms with Crippen molar-refractivity contribution in [2.24, 2.45) is 22.5 Å². The molecule has 4 aromatic rings. The quantitative estimate of drug-likeness (QED) is 0.0845. The first-order valence-corrected chi connectivity index (χ1v) is 26.8. The van der Waals surface area contributed by atoms with Crippen molar-refractivity contribution in [3.8, 4) is 16.2 Å². The molecule has 3 aliphatic heterocycles. The highest BCUT2D eigenvalue weighted by Crippen LogP contribution is 2.40. The number of amides is 4. The van der Waals surface area contributed by atoms with Crippen molar-refractivity contribution in [2.75, 3.05) is 49.5 Å². The third-order valence-corrected chi connectivity index (χ3v) is 16.9. The molecule has 6 N–H and O–H groups in total. The zero-order valence-electron chi connectivity index (χ0n) is 41.7. The lowest BCUT2D eigenvalue weighted by atomic mass is 9.80. The highest BCUT2D eigenvalue weighted by Gasteiger charge is 2.45. The smallest absolute Gasteiger partial charge is 0.246 e.